The van der Waals surface area contributed by atoms with Crippen molar-refractivity contribution in [1.29, 1.82) is 0 Å². The summed E-state index contributed by atoms with van der Waals surface area (Å²) in [6.45, 7) is -0.961. The van der Waals surface area contributed by atoms with E-state index in [4.69, 9.17) is 9.47 Å². The van der Waals surface area contributed by atoms with Crippen LogP contribution in [-0.2, 0) is 9.47 Å². The molecule has 0 fully saturated rings. The Hall–Kier alpha value is -1.13. The van der Waals surface area contributed by atoms with E-state index in [2.05, 4.69) is 95.6 Å². The lowest BCUT2D eigenvalue weighted by molar-refractivity contribution is 0.0357. The highest BCUT2D eigenvalue weighted by Gasteiger charge is 2.40. The largest absolute Gasteiger partial charge is 0.508 e. The fourth-order valence-corrected chi connectivity index (χ4v) is 6.78. The molecule has 2 aliphatic rings. The maximum absolute atomic E-state index is 12.7. The van der Waals surface area contributed by atoms with Crippen molar-refractivity contribution in [2.45, 2.75) is 0 Å². The van der Waals surface area contributed by atoms with Crippen molar-refractivity contribution < 1.29 is 33.4 Å². The van der Waals surface area contributed by atoms with Crippen LogP contribution in [0.3, 0.4) is 0 Å². The first-order chi connectivity index (χ1) is 17.0. The summed E-state index contributed by atoms with van der Waals surface area (Å²) in [6.07, 6.45) is -1.07. The third-order valence-electron chi connectivity index (χ3n) is 5.26. The number of rotatable bonds is 6. The maximum atomic E-state index is 12.7. The van der Waals surface area contributed by atoms with Gasteiger partial charge in [-0.05, 0) is 108 Å². The van der Waals surface area contributed by atoms with Gasteiger partial charge in [-0.15, -0.1) is 0 Å². The number of halogens is 6. The van der Waals surface area contributed by atoms with E-state index in [0.29, 0.717) is 26.8 Å². The van der Waals surface area contributed by atoms with E-state index < -0.39 is 29.8 Å². The quantitative estimate of drug-likeness (QED) is 0.190. The number of ether oxygens (including phenoxy) is 2. The lowest BCUT2D eigenvalue weighted by atomic mass is 10.1. The standard InChI is InChI=1S/C21H10Br6N2O7/c22-9-5-7-11(15(26)13(9)24)19(32)28(17(7)30)1-3-35-21(34)36-4-2-29-18(31)8-6-10(23)14(25)16(27)12(8)20(29)33/h5-6H,1-4H2. The van der Waals surface area contributed by atoms with Crippen LogP contribution in [0, 0.1) is 0 Å². The van der Waals surface area contributed by atoms with E-state index in [1.807, 2.05) is 0 Å². The molecule has 2 aromatic carbocycles. The SMILES string of the molecule is O=C(OCCN1C(=O)c2cc(Br)c(Br)c(Br)c2C1=O)OCCN1C(=O)c2cc(Br)c(Br)c(Br)c2C1=O. The topological polar surface area (TPSA) is 110 Å². The van der Waals surface area contributed by atoms with E-state index >= 15 is 0 Å². The summed E-state index contributed by atoms with van der Waals surface area (Å²) in [5.74, 6) is -2.09. The average molecular weight is 882 g/mol. The first-order valence-corrected chi connectivity index (χ1v) is 14.6. The molecule has 188 valence electrons. The molecule has 4 rings (SSSR count). The van der Waals surface area contributed by atoms with Crippen molar-refractivity contribution >= 4 is 125 Å². The van der Waals surface area contributed by atoms with Crippen molar-refractivity contribution in [3.63, 3.8) is 0 Å². The third kappa shape index (κ3) is 4.86. The van der Waals surface area contributed by atoms with Gasteiger partial charge in [0, 0.05) is 26.8 Å². The van der Waals surface area contributed by atoms with Crippen LogP contribution in [0.5, 0.6) is 0 Å². The number of carbonyl (C=O) groups is 5. The molecule has 0 saturated heterocycles. The summed E-state index contributed by atoms with van der Waals surface area (Å²) >= 11 is 19.9. The molecule has 36 heavy (non-hydrogen) atoms. The molecule has 0 radical (unpaired) electrons. The van der Waals surface area contributed by atoms with Crippen LogP contribution in [-0.4, -0.2) is 65.9 Å². The van der Waals surface area contributed by atoms with Crippen molar-refractivity contribution in [3.8, 4) is 0 Å². The number of nitrogens with zero attached hydrogens (tertiary/aromatic N) is 2. The van der Waals surface area contributed by atoms with Crippen LogP contribution >= 0.6 is 95.6 Å². The molecule has 2 aliphatic heterocycles. The monoisotopic (exact) mass is 876 g/mol. The summed E-state index contributed by atoms with van der Waals surface area (Å²) in [6, 6.07) is 3.07. The predicted octanol–water partition coefficient (Wildman–Crippen LogP) is 6.31. The van der Waals surface area contributed by atoms with Gasteiger partial charge in [-0.3, -0.25) is 29.0 Å². The van der Waals surface area contributed by atoms with Gasteiger partial charge in [0.25, 0.3) is 23.6 Å². The Bertz CT molecular complexity index is 1280. The fourth-order valence-electron chi connectivity index (χ4n) is 3.58. The molecular weight excluding hydrogens is 872 g/mol. The summed E-state index contributed by atoms with van der Waals surface area (Å²) in [7, 11) is 0. The molecule has 4 amide bonds. The van der Waals surface area contributed by atoms with Crippen molar-refractivity contribution in [3.05, 3.63) is 61.2 Å². The number of fused-ring (bicyclic) bond motifs is 2. The molecule has 0 atom stereocenters. The molecule has 0 bridgehead atoms. The molecular formula is C21H10Br6N2O7. The molecule has 15 heteroatoms. The minimum absolute atomic E-state index is 0.181. The lowest BCUT2D eigenvalue weighted by Gasteiger charge is -2.15. The Balaban J connectivity index is 1.28. The highest BCUT2D eigenvalue weighted by Crippen LogP contribution is 2.40. The van der Waals surface area contributed by atoms with Crippen LogP contribution in [0.1, 0.15) is 41.4 Å². The number of benzene rings is 2. The van der Waals surface area contributed by atoms with Gasteiger partial charge in [0.05, 0.1) is 35.3 Å². The number of hydrogen-bond acceptors (Lipinski definition) is 7. The smallest absolute Gasteiger partial charge is 0.432 e. The molecule has 9 nitrogen and oxygen atoms in total. The fraction of sp³-hybridized carbons (Fsp3) is 0.190. The van der Waals surface area contributed by atoms with E-state index in [0.717, 1.165) is 9.80 Å². The predicted molar refractivity (Wildman–Crippen MR) is 147 cm³/mol. The second-order valence-corrected chi connectivity index (χ2v) is 12.2. The number of carbonyl (C=O) groups excluding carboxylic acids is 5. The van der Waals surface area contributed by atoms with Gasteiger partial charge in [-0.25, -0.2) is 4.79 Å². The normalized spacial score (nSPS) is 14.5. The van der Waals surface area contributed by atoms with E-state index in [-0.39, 0.29) is 48.6 Å². The summed E-state index contributed by atoms with van der Waals surface area (Å²) in [4.78, 5) is 64.6. The van der Waals surface area contributed by atoms with E-state index in [1.54, 1.807) is 0 Å². The minimum atomic E-state index is -1.07. The van der Waals surface area contributed by atoms with Crippen LogP contribution in [0.4, 0.5) is 4.79 Å². The lowest BCUT2D eigenvalue weighted by Crippen LogP contribution is -2.35. The molecule has 2 heterocycles. The molecule has 0 aliphatic carbocycles. The van der Waals surface area contributed by atoms with Crippen LogP contribution < -0.4 is 0 Å². The van der Waals surface area contributed by atoms with Gasteiger partial charge in [-0.1, -0.05) is 0 Å². The van der Waals surface area contributed by atoms with E-state index in [1.165, 1.54) is 12.1 Å². The van der Waals surface area contributed by atoms with Gasteiger partial charge in [0.15, 0.2) is 0 Å². The average Bonchev–Trinajstić information content (AvgIpc) is 3.20. The van der Waals surface area contributed by atoms with Gasteiger partial charge in [0.1, 0.15) is 13.2 Å². The van der Waals surface area contributed by atoms with Gasteiger partial charge in [-0.2, -0.15) is 0 Å². The van der Waals surface area contributed by atoms with Crippen molar-refractivity contribution in [2.75, 3.05) is 26.3 Å². The minimum Gasteiger partial charge on any atom is -0.432 e. The van der Waals surface area contributed by atoms with Gasteiger partial charge in [0.2, 0.25) is 0 Å². The number of imide groups is 2. The summed E-state index contributed by atoms with van der Waals surface area (Å²) in [5, 5.41) is 0. The summed E-state index contributed by atoms with van der Waals surface area (Å²) < 4.78 is 13.2. The van der Waals surface area contributed by atoms with Crippen LogP contribution in [0.15, 0.2) is 39.0 Å². The highest BCUT2D eigenvalue weighted by atomic mass is 79.9. The van der Waals surface area contributed by atoms with Gasteiger partial charge < -0.3 is 9.47 Å². The third-order valence-corrected chi connectivity index (χ3v) is 11.9. The van der Waals surface area contributed by atoms with Crippen LogP contribution in [0.2, 0.25) is 0 Å². The molecule has 0 aromatic heterocycles. The Kier molecular flexibility index (Phi) is 8.47. The Labute approximate surface area is 254 Å². The molecule has 0 unspecified atom stereocenters. The summed E-state index contributed by atoms with van der Waals surface area (Å²) in [5.41, 5.74) is 0.862. The van der Waals surface area contributed by atoms with Crippen LogP contribution in [0.25, 0.3) is 0 Å². The molecule has 0 saturated carbocycles. The zero-order valence-corrected chi connectivity index (χ0v) is 27.0. The molecule has 0 spiro atoms. The molecule has 0 N–H and O–H groups in total. The van der Waals surface area contributed by atoms with Crippen molar-refractivity contribution in [1.82, 2.24) is 9.80 Å². The first-order valence-electron chi connectivity index (χ1n) is 9.82. The Morgan fingerprint density at radius 1 is 0.611 bits per heavy atom. The number of hydrogen-bond donors (Lipinski definition) is 0. The Morgan fingerprint density at radius 3 is 1.33 bits per heavy atom. The second-order valence-electron chi connectivity index (χ2n) is 7.29. The maximum Gasteiger partial charge on any atom is 0.508 e. The van der Waals surface area contributed by atoms with E-state index in [9.17, 15) is 24.0 Å². The zero-order chi connectivity index (χ0) is 26.5. The van der Waals surface area contributed by atoms with Gasteiger partial charge >= 0.3 is 6.16 Å². The zero-order valence-electron chi connectivity index (χ0n) is 17.5. The second kappa shape index (κ2) is 10.9. The number of amides is 4. The van der Waals surface area contributed by atoms with Crippen molar-refractivity contribution in [2.24, 2.45) is 0 Å². The highest BCUT2D eigenvalue weighted by molar-refractivity contribution is 9.15. The Morgan fingerprint density at radius 2 is 0.972 bits per heavy atom. The molecule has 2 aromatic rings. The first kappa shape index (κ1) is 27.9.